The Balaban J connectivity index is 2.00. The van der Waals surface area contributed by atoms with Crippen molar-refractivity contribution in [1.82, 2.24) is 10.4 Å². The Hall–Kier alpha value is -2.28. The molecule has 1 aliphatic heterocycles. The minimum Gasteiger partial charge on any atom is -0.491 e. The molecule has 1 saturated heterocycles. The molecule has 1 aliphatic rings. The van der Waals surface area contributed by atoms with Crippen LogP contribution >= 0.6 is 0 Å². The summed E-state index contributed by atoms with van der Waals surface area (Å²) in [7, 11) is 0. The van der Waals surface area contributed by atoms with Gasteiger partial charge in [0.2, 0.25) is 5.91 Å². The Kier molecular flexibility index (Phi) is 4.60. The Morgan fingerprint density at radius 1 is 1.12 bits per heavy atom. The molecule has 0 unspecified atom stereocenters. The number of fused-ring (bicyclic) bond motifs is 1. The Bertz CT molecular complexity index is 789. The molecule has 0 radical (unpaired) electrons. The highest BCUT2D eigenvalue weighted by Crippen LogP contribution is 2.39. The standard InChI is InChI=1S/C18H19F3N2O2/c1-11(2)25-15-6-5-12-3-4-13(9-14(12)10-15)17(18(19,20)21)23-8-7-16(24)22-23/h3-6,9-11,17H,7-8H2,1-2H3,(H,22,24)/t17-/m0/s1. The van der Waals surface area contributed by atoms with Crippen LogP contribution in [0.5, 0.6) is 5.75 Å². The van der Waals surface area contributed by atoms with E-state index in [2.05, 4.69) is 5.43 Å². The number of alkyl halides is 3. The summed E-state index contributed by atoms with van der Waals surface area (Å²) in [4.78, 5) is 11.3. The highest BCUT2D eigenvalue weighted by Gasteiger charge is 2.46. The first-order chi connectivity index (χ1) is 11.7. The van der Waals surface area contributed by atoms with Gasteiger partial charge in [-0.2, -0.15) is 13.2 Å². The summed E-state index contributed by atoms with van der Waals surface area (Å²) in [5.41, 5.74) is 2.38. The number of hydrogen-bond donors (Lipinski definition) is 1. The summed E-state index contributed by atoms with van der Waals surface area (Å²) in [6.45, 7) is 3.80. The van der Waals surface area contributed by atoms with Gasteiger partial charge in [0, 0.05) is 13.0 Å². The molecule has 1 atom stereocenters. The summed E-state index contributed by atoms with van der Waals surface area (Å²) in [6, 6.07) is 8.08. The van der Waals surface area contributed by atoms with Crippen molar-refractivity contribution in [3.63, 3.8) is 0 Å². The lowest BCUT2D eigenvalue weighted by atomic mass is 10.0. The van der Waals surface area contributed by atoms with Gasteiger partial charge in [0.15, 0.2) is 0 Å². The molecule has 2 aromatic rings. The van der Waals surface area contributed by atoms with Gasteiger partial charge in [-0.15, -0.1) is 0 Å². The number of nitrogens with zero attached hydrogens (tertiary/aromatic N) is 1. The zero-order valence-electron chi connectivity index (χ0n) is 13.9. The molecule has 7 heteroatoms. The molecule has 0 aromatic heterocycles. The number of ether oxygens (including phenoxy) is 1. The molecule has 134 valence electrons. The van der Waals surface area contributed by atoms with Crippen molar-refractivity contribution < 1.29 is 22.7 Å². The van der Waals surface area contributed by atoms with Gasteiger partial charge in [0.1, 0.15) is 11.8 Å². The molecule has 0 saturated carbocycles. The van der Waals surface area contributed by atoms with E-state index in [1.165, 1.54) is 12.1 Å². The number of rotatable bonds is 4. The average Bonchev–Trinajstić information content (AvgIpc) is 2.91. The van der Waals surface area contributed by atoms with Crippen molar-refractivity contribution in [2.45, 2.75) is 38.6 Å². The minimum absolute atomic E-state index is 0.0247. The van der Waals surface area contributed by atoms with Crippen LogP contribution in [0, 0.1) is 0 Å². The zero-order chi connectivity index (χ0) is 18.2. The summed E-state index contributed by atoms with van der Waals surface area (Å²) in [5.74, 6) is 0.209. The maximum Gasteiger partial charge on any atom is 0.409 e. The molecule has 1 heterocycles. The van der Waals surface area contributed by atoms with Crippen molar-refractivity contribution >= 4 is 16.7 Å². The van der Waals surface area contributed by atoms with E-state index in [1.807, 2.05) is 19.9 Å². The molecule has 25 heavy (non-hydrogen) atoms. The number of halogens is 3. The molecule has 1 fully saturated rings. The molecule has 1 amide bonds. The van der Waals surface area contributed by atoms with Crippen LogP contribution in [-0.4, -0.2) is 29.7 Å². The molecule has 3 rings (SSSR count). The third-order valence-electron chi connectivity index (χ3n) is 3.99. The van der Waals surface area contributed by atoms with E-state index in [0.717, 1.165) is 10.4 Å². The summed E-state index contributed by atoms with van der Waals surface area (Å²) >= 11 is 0. The van der Waals surface area contributed by atoms with E-state index in [-0.39, 0.29) is 24.6 Å². The summed E-state index contributed by atoms with van der Waals surface area (Å²) in [6.07, 6.45) is -4.47. The Labute approximate surface area is 143 Å². The highest BCUT2D eigenvalue weighted by atomic mass is 19.4. The molecule has 2 aromatic carbocycles. The van der Waals surface area contributed by atoms with Gasteiger partial charge in [-0.1, -0.05) is 18.2 Å². The van der Waals surface area contributed by atoms with Crippen molar-refractivity contribution in [3.05, 3.63) is 42.0 Å². The summed E-state index contributed by atoms with van der Waals surface area (Å²) in [5, 5.41) is 2.44. The zero-order valence-corrected chi connectivity index (χ0v) is 13.9. The van der Waals surface area contributed by atoms with Crippen LogP contribution in [0.25, 0.3) is 10.8 Å². The van der Waals surface area contributed by atoms with Gasteiger partial charge in [-0.25, -0.2) is 5.01 Å². The normalized spacial score (nSPS) is 17.1. The monoisotopic (exact) mass is 352 g/mol. The molecule has 0 aliphatic carbocycles. The maximum absolute atomic E-state index is 13.6. The van der Waals surface area contributed by atoms with E-state index in [0.29, 0.717) is 11.1 Å². The molecular formula is C18H19F3N2O2. The largest absolute Gasteiger partial charge is 0.491 e. The number of hydrazine groups is 1. The fraction of sp³-hybridized carbons (Fsp3) is 0.389. The molecule has 0 bridgehead atoms. The average molecular weight is 352 g/mol. The number of benzene rings is 2. The van der Waals surface area contributed by atoms with Gasteiger partial charge < -0.3 is 4.74 Å². The molecular weight excluding hydrogens is 333 g/mol. The predicted molar refractivity (Wildman–Crippen MR) is 88.0 cm³/mol. The lowest BCUT2D eigenvalue weighted by Crippen LogP contribution is -2.43. The number of carbonyl (C=O) groups excluding carboxylic acids is 1. The smallest absolute Gasteiger partial charge is 0.409 e. The van der Waals surface area contributed by atoms with Crippen LogP contribution in [0.3, 0.4) is 0 Å². The van der Waals surface area contributed by atoms with Crippen LogP contribution in [0.4, 0.5) is 13.2 Å². The van der Waals surface area contributed by atoms with Crippen LogP contribution in [-0.2, 0) is 4.79 Å². The second-order valence-electron chi connectivity index (χ2n) is 6.36. The van der Waals surface area contributed by atoms with E-state index in [1.54, 1.807) is 18.2 Å². The van der Waals surface area contributed by atoms with Gasteiger partial charge in [0.25, 0.3) is 0 Å². The van der Waals surface area contributed by atoms with Gasteiger partial charge in [0.05, 0.1) is 6.10 Å². The van der Waals surface area contributed by atoms with E-state index in [9.17, 15) is 18.0 Å². The third kappa shape index (κ3) is 3.87. The quantitative estimate of drug-likeness (QED) is 0.905. The van der Waals surface area contributed by atoms with Gasteiger partial charge in [-0.05, 0) is 48.4 Å². The Morgan fingerprint density at radius 2 is 1.84 bits per heavy atom. The molecule has 1 N–H and O–H groups in total. The van der Waals surface area contributed by atoms with Crippen molar-refractivity contribution in [2.75, 3.05) is 6.54 Å². The topological polar surface area (TPSA) is 41.6 Å². The summed E-state index contributed by atoms with van der Waals surface area (Å²) < 4.78 is 46.5. The van der Waals surface area contributed by atoms with Crippen LogP contribution in [0.2, 0.25) is 0 Å². The number of nitrogens with one attached hydrogen (secondary N) is 1. The van der Waals surface area contributed by atoms with Crippen molar-refractivity contribution in [1.29, 1.82) is 0 Å². The van der Waals surface area contributed by atoms with Crippen molar-refractivity contribution in [2.24, 2.45) is 0 Å². The van der Waals surface area contributed by atoms with Crippen LogP contribution in [0.15, 0.2) is 36.4 Å². The number of carbonyl (C=O) groups is 1. The van der Waals surface area contributed by atoms with Gasteiger partial charge >= 0.3 is 6.18 Å². The van der Waals surface area contributed by atoms with Gasteiger partial charge in [-0.3, -0.25) is 10.2 Å². The lowest BCUT2D eigenvalue weighted by Gasteiger charge is -2.29. The first-order valence-corrected chi connectivity index (χ1v) is 8.07. The van der Waals surface area contributed by atoms with E-state index < -0.39 is 18.1 Å². The molecule has 0 spiro atoms. The number of hydrogen-bond acceptors (Lipinski definition) is 3. The number of amides is 1. The minimum atomic E-state index is -4.50. The van der Waals surface area contributed by atoms with Crippen LogP contribution < -0.4 is 10.2 Å². The SMILES string of the molecule is CC(C)Oc1ccc2ccc([C@H](N3CCC(=O)N3)C(F)(F)F)cc2c1. The van der Waals surface area contributed by atoms with Crippen LogP contribution in [0.1, 0.15) is 31.9 Å². The second-order valence-corrected chi connectivity index (χ2v) is 6.36. The fourth-order valence-electron chi connectivity index (χ4n) is 2.99. The predicted octanol–water partition coefficient (Wildman–Crippen LogP) is 3.97. The first kappa shape index (κ1) is 17.5. The third-order valence-corrected chi connectivity index (χ3v) is 3.99. The molecule has 4 nitrogen and oxygen atoms in total. The highest BCUT2D eigenvalue weighted by molar-refractivity contribution is 5.84. The second kappa shape index (κ2) is 6.55. The maximum atomic E-state index is 13.6. The van der Waals surface area contributed by atoms with E-state index >= 15 is 0 Å². The fourth-order valence-corrected chi connectivity index (χ4v) is 2.99. The first-order valence-electron chi connectivity index (χ1n) is 8.07. The Morgan fingerprint density at radius 3 is 2.44 bits per heavy atom. The lowest BCUT2D eigenvalue weighted by molar-refractivity contribution is -0.191. The van der Waals surface area contributed by atoms with E-state index in [4.69, 9.17) is 4.74 Å². The van der Waals surface area contributed by atoms with Crippen molar-refractivity contribution in [3.8, 4) is 5.75 Å².